The number of rotatable bonds is 3. The Bertz CT molecular complexity index is 1060. The first kappa shape index (κ1) is 27.6. The lowest BCUT2D eigenvalue weighted by molar-refractivity contribution is -0.176. The number of benzene rings is 1. The van der Waals surface area contributed by atoms with Gasteiger partial charge in [0.1, 0.15) is 16.9 Å². The van der Waals surface area contributed by atoms with E-state index in [2.05, 4.69) is 5.10 Å². The van der Waals surface area contributed by atoms with Gasteiger partial charge in [0.15, 0.2) is 0 Å². The zero-order valence-electron chi connectivity index (χ0n) is 20.7. The molecule has 2 rings (SSSR count). The largest absolute Gasteiger partial charge is 0.534 e. The fourth-order valence-corrected chi connectivity index (χ4v) is 4.17. The second kappa shape index (κ2) is 9.53. The number of hydrogen-bond acceptors (Lipinski definition) is 8. The van der Waals surface area contributed by atoms with Gasteiger partial charge in [0, 0.05) is 18.9 Å². The molecule has 34 heavy (non-hydrogen) atoms. The SMILES string of the molecule is CN1N=C(c2ccc(S(C)=O)c(Cl)c2)C(C)(N(OC(=O)OC(C)(C)C)C(=O)OC(C)(C)C)C1=O. The first-order valence-corrected chi connectivity index (χ1v) is 12.2. The maximum atomic E-state index is 13.3. The van der Waals surface area contributed by atoms with Crippen LogP contribution in [0, 0.1) is 0 Å². The Kier molecular flexibility index (Phi) is 7.73. The molecule has 0 saturated heterocycles. The van der Waals surface area contributed by atoms with Crippen molar-refractivity contribution in [2.75, 3.05) is 13.3 Å². The van der Waals surface area contributed by atoms with E-state index in [1.165, 1.54) is 32.4 Å². The van der Waals surface area contributed by atoms with Crippen molar-refractivity contribution in [1.29, 1.82) is 0 Å². The van der Waals surface area contributed by atoms with Gasteiger partial charge in [-0.2, -0.15) is 5.10 Å². The highest BCUT2D eigenvalue weighted by Gasteiger charge is 2.57. The van der Waals surface area contributed by atoms with Crippen molar-refractivity contribution in [3.8, 4) is 0 Å². The summed E-state index contributed by atoms with van der Waals surface area (Å²) in [4.78, 5) is 44.7. The minimum atomic E-state index is -1.93. The van der Waals surface area contributed by atoms with Crippen LogP contribution in [0.4, 0.5) is 9.59 Å². The van der Waals surface area contributed by atoms with Gasteiger partial charge < -0.3 is 9.47 Å². The van der Waals surface area contributed by atoms with Crippen molar-refractivity contribution < 1.29 is 32.9 Å². The number of ether oxygens (including phenoxy) is 2. The molecule has 0 aliphatic carbocycles. The number of amides is 2. The third kappa shape index (κ3) is 6.06. The van der Waals surface area contributed by atoms with Crippen molar-refractivity contribution >= 4 is 46.3 Å². The number of likely N-dealkylation sites (N-methyl/N-ethyl adjacent to an activating group) is 1. The molecule has 12 heteroatoms. The van der Waals surface area contributed by atoms with Crippen molar-refractivity contribution in [3.63, 3.8) is 0 Å². The molecular formula is C22H30ClN3O7S. The van der Waals surface area contributed by atoms with Crippen LogP contribution in [-0.2, 0) is 29.9 Å². The molecule has 2 atom stereocenters. The summed E-state index contributed by atoms with van der Waals surface area (Å²) >= 11 is 6.30. The Morgan fingerprint density at radius 1 is 1.12 bits per heavy atom. The topological polar surface area (TPSA) is 115 Å². The van der Waals surface area contributed by atoms with Crippen LogP contribution in [0.3, 0.4) is 0 Å². The average Bonchev–Trinajstić information content (AvgIpc) is 2.87. The fraction of sp³-hybridized carbons (Fsp3) is 0.545. The van der Waals surface area contributed by atoms with E-state index in [1.54, 1.807) is 47.6 Å². The molecular weight excluding hydrogens is 486 g/mol. The molecule has 1 heterocycles. The summed E-state index contributed by atoms with van der Waals surface area (Å²) in [5.74, 6) is -0.670. The molecule has 0 N–H and O–H groups in total. The Labute approximate surface area is 206 Å². The second-order valence-corrected chi connectivity index (χ2v) is 11.5. The van der Waals surface area contributed by atoms with Gasteiger partial charge in [0.2, 0.25) is 5.54 Å². The van der Waals surface area contributed by atoms with E-state index < -0.39 is 45.7 Å². The maximum absolute atomic E-state index is 13.3. The van der Waals surface area contributed by atoms with E-state index in [9.17, 15) is 18.6 Å². The normalized spacial score (nSPS) is 19.4. The Morgan fingerprint density at radius 3 is 2.15 bits per heavy atom. The Balaban J connectivity index is 2.62. The van der Waals surface area contributed by atoms with Gasteiger partial charge in [-0.1, -0.05) is 17.7 Å². The van der Waals surface area contributed by atoms with Crippen LogP contribution < -0.4 is 0 Å². The van der Waals surface area contributed by atoms with Gasteiger partial charge >= 0.3 is 12.2 Å². The minimum absolute atomic E-state index is 0.0600. The average molecular weight is 516 g/mol. The maximum Gasteiger partial charge on any atom is 0.534 e. The first-order chi connectivity index (χ1) is 15.4. The molecule has 2 unspecified atom stereocenters. The quantitative estimate of drug-likeness (QED) is 0.439. The molecule has 0 radical (unpaired) electrons. The van der Waals surface area contributed by atoms with Gasteiger partial charge in [-0.25, -0.2) is 14.6 Å². The summed E-state index contributed by atoms with van der Waals surface area (Å²) in [6.07, 6.45) is -0.834. The number of carbonyl (C=O) groups excluding carboxylic acids is 3. The van der Waals surface area contributed by atoms with Crippen molar-refractivity contribution in [2.24, 2.45) is 5.10 Å². The number of carbonyl (C=O) groups is 3. The van der Waals surface area contributed by atoms with E-state index in [1.807, 2.05) is 0 Å². The lowest BCUT2D eigenvalue weighted by Gasteiger charge is -2.36. The molecule has 0 saturated carbocycles. The van der Waals surface area contributed by atoms with E-state index in [0.29, 0.717) is 15.5 Å². The predicted molar refractivity (Wildman–Crippen MR) is 127 cm³/mol. The molecule has 1 aromatic carbocycles. The molecule has 0 aromatic heterocycles. The van der Waals surface area contributed by atoms with Crippen LogP contribution in [0.25, 0.3) is 0 Å². The summed E-state index contributed by atoms with van der Waals surface area (Å²) < 4.78 is 22.5. The zero-order chi connectivity index (χ0) is 26.2. The van der Waals surface area contributed by atoms with E-state index >= 15 is 0 Å². The van der Waals surface area contributed by atoms with Gasteiger partial charge in [0.05, 0.1) is 20.7 Å². The molecule has 0 spiro atoms. The summed E-state index contributed by atoms with van der Waals surface area (Å²) in [7, 11) is 0.0460. The minimum Gasteiger partial charge on any atom is -0.442 e. The molecule has 1 aliphatic rings. The number of hydrazone groups is 1. The van der Waals surface area contributed by atoms with Crippen LogP contribution >= 0.6 is 11.6 Å². The van der Waals surface area contributed by atoms with Crippen LogP contribution in [0.15, 0.2) is 28.2 Å². The highest BCUT2D eigenvalue weighted by Crippen LogP contribution is 2.34. The smallest absolute Gasteiger partial charge is 0.442 e. The zero-order valence-corrected chi connectivity index (χ0v) is 22.3. The summed E-state index contributed by atoms with van der Waals surface area (Å²) in [5, 5.41) is 6.00. The van der Waals surface area contributed by atoms with Gasteiger partial charge in [-0.15, -0.1) is 5.06 Å². The molecule has 0 fully saturated rings. The summed E-state index contributed by atoms with van der Waals surface area (Å²) in [6, 6.07) is 4.57. The van der Waals surface area contributed by atoms with Crippen molar-refractivity contribution in [3.05, 3.63) is 28.8 Å². The van der Waals surface area contributed by atoms with Crippen LogP contribution in [0.2, 0.25) is 5.02 Å². The van der Waals surface area contributed by atoms with E-state index in [0.717, 1.165) is 5.01 Å². The van der Waals surface area contributed by atoms with Crippen LogP contribution in [0.5, 0.6) is 0 Å². The van der Waals surface area contributed by atoms with Gasteiger partial charge in [-0.3, -0.25) is 13.8 Å². The van der Waals surface area contributed by atoms with E-state index in [4.69, 9.17) is 25.9 Å². The van der Waals surface area contributed by atoms with Crippen molar-refractivity contribution in [1.82, 2.24) is 10.1 Å². The highest BCUT2D eigenvalue weighted by atomic mass is 35.5. The molecule has 10 nitrogen and oxygen atoms in total. The third-order valence-electron chi connectivity index (χ3n) is 4.46. The molecule has 1 aromatic rings. The monoisotopic (exact) mass is 515 g/mol. The first-order valence-electron chi connectivity index (χ1n) is 10.3. The summed E-state index contributed by atoms with van der Waals surface area (Å²) in [6.45, 7) is 11.1. The van der Waals surface area contributed by atoms with E-state index in [-0.39, 0.29) is 10.7 Å². The molecule has 0 bridgehead atoms. The van der Waals surface area contributed by atoms with Crippen LogP contribution in [0.1, 0.15) is 54.0 Å². The molecule has 2 amide bonds. The number of hydrogen-bond donors (Lipinski definition) is 0. The lowest BCUT2D eigenvalue weighted by Crippen LogP contribution is -2.61. The molecule has 188 valence electrons. The standard InChI is InChI=1S/C22H30ClN3O7S/c1-20(2,3)31-18(28)26(33-19(29)32-21(4,5)6)22(7)16(24-25(8)17(22)27)13-10-11-15(34(9)30)14(23)12-13/h10-12H,1-9H3. The predicted octanol–water partition coefficient (Wildman–Crippen LogP) is 4.12. The number of hydroxylamine groups is 2. The summed E-state index contributed by atoms with van der Waals surface area (Å²) in [5.41, 5.74) is -3.41. The molecule has 1 aliphatic heterocycles. The van der Waals surface area contributed by atoms with Crippen LogP contribution in [-0.4, -0.2) is 68.2 Å². The number of nitrogens with zero attached hydrogens (tertiary/aromatic N) is 3. The third-order valence-corrected chi connectivity index (χ3v) is 5.86. The second-order valence-electron chi connectivity index (χ2n) is 9.78. The van der Waals surface area contributed by atoms with Crippen molar-refractivity contribution in [2.45, 2.75) is 70.1 Å². The van der Waals surface area contributed by atoms with Gasteiger partial charge in [-0.05, 0) is 60.6 Å². The number of halogens is 1. The lowest BCUT2D eigenvalue weighted by atomic mass is 9.90. The van der Waals surface area contributed by atoms with Gasteiger partial charge in [0.25, 0.3) is 5.91 Å². The Hall–Kier alpha value is -2.66. The fourth-order valence-electron chi connectivity index (χ4n) is 3.07. The Morgan fingerprint density at radius 2 is 1.68 bits per heavy atom. The highest BCUT2D eigenvalue weighted by molar-refractivity contribution is 7.84.